The number of nitrogens with zero attached hydrogens (tertiary/aromatic N) is 2. The molecule has 0 radical (unpaired) electrons. The lowest BCUT2D eigenvalue weighted by Crippen LogP contribution is -2.36. The minimum atomic E-state index is -0.688. The Morgan fingerprint density at radius 1 is 1.28 bits per heavy atom. The van der Waals surface area contributed by atoms with Gasteiger partial charge in [0.25, 0.3) is 5.56 Å². The van der Waals surface area contributed by atoms with E-state index >= 15 is 0 Å². The monoisotopic (exact) mass is 529 g/mol. The zero-order valence-corrected chi connectivity index (χ0v) is 22.2. The van der Waals surface area contributed by atoms with Crippen molar-refractivity contribution < 1.29 is 18.7 Å². The molecular formula is C26H28FN3O4S2. The predicted octanol–water partition coefficient (Wildman–Crippen LogP) is 5.45. The molecule has 0 atom stereocenters. The number of nitrogens with one attached hydrogen (secondary N) is 1. The van der Waals surface area contributed by atoms with Crippen LogP contribution in [0.1, 0.15) is 33.3 Å². The van der Waals surface area contributed by atoms with E-state index in [0.717, 1.165) is 17.3 Å². The van der Waals surface area contributed by atoms with E-state index in [-0.39, 0.29) is 28.8 Å². The minimum absolute atomic E-state index is 0.0482. The second-order valence-electron chi connectivity index (χ2n) is 8.80. The van der Waals surface area contributed by atoms with Gasteiger partial charge < -0.3 is 10.1 Å². The molecule has 0 saturated heterocycles. The number of hydrogen-bond donors (Lipinski definition) is 1. The number of carbonyl (C=O) groups excluding carboxylic acids is 2. The topological polar surface area (TPSA) is 90.3 Å². The highest BCUT2D eigenvalue weighted by Gasteiger charge is 2.20. The van der Waals surface area contributed by atoms with E-state index in [4.69, 9.17) is 4.74 Å². The maximum absolute atomic E-state index is 14.0. The van der Waals surface area contributed by atoms with Gasteiger partial charge >= 0.3 is 6.09 Å². The van der Waals surface area contributed by atoms with E-state index in [1.807, 2.05) is 36.6 Å². The molecule has 0 unspecified atom stereocenters. The summed E-state index contributed by atoms with van der Waals surface area (Å²) in [6, 6.07) is 5.68. The van der Waals surface area contributed by atoms with Crippen molar-refractivity contribution in [3.63, 3.8) is 0 Å². The SMILES string of the molecule is C/C=C\C=C/Cc1csc2nc(SCC(=O)CNC(=O)OC(C)(C)C)n(-c3cccc(F)c3)c(=O)c12. The maximum atomic E-state index is 14.0. The maximum Gasteiger partial charge on any atom is 0.408 e. The number of ether oxygens (including phenoxy) is 1. The number of alkyl carbamates (subject to hydrolysis) is 1. The number of halogens is 1. The van der Waals surface area contributed by atoms with Crippen molar-refractivity contribution in [2.75, 3.05) is 12.3 Å². The molecule has 0 fully saturated rings. The largest absolute Gasteiger partial charge is 0.444 e. The lowest BCUT2D eigenvalue weighted by Gasteiger charge is -2.19. The number of thiophene rings is 1. The molecule has 0 spiro atoms. The molecule has 2 aromatic heterocycles. The van der Waals surface area contributed by atoms with Crippen molar-refractivity contribution in [2.24, 2.45) is 0 Å². The second kappa shape index (κ2) is 12.1. The first kappa shape index (κ1) is 27.3. The third kappa shape index (κ3) is 7.38. The highest BCUT2D eigenvalue weighted by Crippen LogP contribution is 2.27. The summed E-state index contributed by atoms with van der Waals surface area (Å²) in [5.74, 6) is -0.826. The van der Waals surface area contributed by atoms with Crippen molar-refractivity contribution in [3.8, 4) is 5.69 Å². The average molecular weight is 530 g/mol. The summed E-state index contributed by atoms with van der Waals surface area (Å²) in [6.07, 6.45) is 7.53. The average Bonchev–Trinajstić information content (AvgIpc) is 3.21. The highest BCUT2D eigenvalue weighted by atomic mass is 32.2. The van der Waals surface area contributed by atoms with Gasteiger partial charge in [-0.15, -0.1) is 11.3 Å². The molecule has 1 aromatic carbocycles. The molecule has 190 valence electrons. The highest BCUT2D eigenvalue weighted by molar-refractivity contribution is 7.99. The Morgan fingerprint density at radius 3 is 2.75 bits per heavy atom. The van der Waals surface area contributed by atoms with Crippen LogP contribution >= 0.6 is 23.1 Å². The number of amides is 1. The molecule has 0 aliphatic carbocycles. The van der Waals surface area contributed by atoms with Crippen molar-refractivity contribution in [1.82, 2.24) is 14.9 Å². The molecule has 3 aromatic rings. The van der Waals surface area contributed by atoms with Crippen LogP contribution < -0.4 is 10.9 Å². The Hall–Kier alpha value is -3.24. The van der Waals surface area contributed by atoms with E-state index in [1.54, 1.807) is 26.8 Å². The van der Waals surface area contributed by atoms with Gasteiger partial charge in [-0.1, -0.05) is 42.1 Å². The van der Waals surface area contributed by atoms with Gasteiger partial charge in [0.05, 0.1) is 23.4 Å². The smallest absolute Gasteiger partial charge is 0.408 e. The number of thioether (sulfide) groups is 1. The molecular weight excluding hydrogens is 501 g/mol. The number of ketones is 1. The van der Waals surface area contributed by atoms with Crippen LogP contribution in [0.2, 0.25) is 0 Å². The summed E-state index contributed by atoms with van der Waals surface area (Å²) >= 11 is 2.40. The summed E-state index contributed by atoms with van der Waals surface area (Å²) in [5.41, 5.74) is 0.137. The molecule has 0 bridgehead atoms. The fourth-order valence-electron chi connectivity index (χ4n) is 3.18. The van der Waals surface area contributed by atoms with Crippen LogP contribution in [-0.2, 0) is 16.0 Å². The number of Topliss-reactive ketones (excluding diaryl/α,β-unsaturated/α-hetero) is 1. The fourth-order valence-corrected chi connectivity index (χ4v) is 5.05. The first-order valence-corrected chi connectivity index (χ1v) is 13.1. The number of benzene rings is 1. The van der Waals surface area contributed by atoms with Gasteiger partial charge in [-0.25, -0.2) is 14.2 Å². The van der Waals surface area contributed by atoms with Crippen LogP contribution in [0.15, 0.2) is 63.9 Å². The lowest BCUT2D eigenvalue weighted by molar-refractivity contribution is -0.115. The van der Waals surface area contributed by atoms with Gasteiger partial charge in [0.1, 0.15) is 16.2 Å². The Bertz CT molecular complexity index is 1370. The zero-order valence-electron chi connectivity index (χ0n) is 20.5. The molecule has 1 N–H and O–H groups in total. The summed E-state index contributed by atoms with van der Waals surface area (Å²) in [4.78, 5) is 43.1. The molecule has 1 amide bonds. The summed E-state index contributed by atoms with van der Waals surface area (Å²) < 4.78 is 20.5. The van der Waals surface area contributed by atoms with Crippen LogP contribution in [0.5, 0.6) is 0 Å². The van der Waals surface area contributed by atoms with Gasteiger partial charge in [-0.05, 0) is 63.3 Å². The van der Waals surface area contributed by atoms with E-state index in [1.165, 1.54) is 34.1 Å². The third-order valence-electron chi connectivity index (χ3n) is 4.69. The number of allylic oxidation sites excluding steroid dienone is 4. The van der Waals surface area contributed by atoms with Gasteiger partial charge in [0.15, 0.2) is 10.9 Å². The van der Waals surface area contributed by atoms with Crippen LogP contribution in [0.4, 0.5) is 9.18 Å². The molecule has 10 heteroatoms. The Kier molecular flexibility index (Phi) is 9.22. The molecule has 36 heavy (non-hydrogen) atoms. The normalized spacial score (nSPS) is 12.0. The zero-order chi connectivity index (χ0) is 26.3. The van der Waals surface area contributed by atoms with Crippen molar-refractivity contribution in [3.05, 3.63) is 75.7 Å². The number of rotatable bonds is 9. The molecule has 7 nitrogen and oxygen atoms in total. The van der Waals surface area contributed by atoms with Crippen molar-refractivity contribution >= 4 is 45.2 Å². The Balaban J connectivity index is 1.89. The second-order valence-corrected chi connectivity index (χ2v) is 10.6. The van der Waals surface area contributed by atoms with Crippen LogP contribution in [0.25, 0.3) is 15.9 Å². The van der Waals surface area contributed by atoms with Gasteiger partial charge in [0.2, 0.25) is 0 Å². The predicted molar refractivity (Wildman–Crippen MR) is 143 cm³/mol. The van der Waals surface area contributed by atoms with Crippen LogP contribution in [0, 0.1) is 5.82 Å². The van der Waals surface area contributed by atoms with Crippen LogP contribution in [0.3, 0.4) is 0 Å². The van der Waals surface area contributed by atoms with Gasteiger partial charge in [-0.3, -0.25) is 14.2 Å². The van der Waals surface area contributed by atoms with Crippen molar-refractivity contribution in [1.29, 1.82) is 0 Å². The first-order chi connectivity index (χ1) is 17.1. The number of aromatic nitrogens is 2. The number of carbonyl (C=O) groups is 2. The summed E-state index contributed by atoms with van der Waals surface area (Å²) in [6.45, 7) is 6.88. The molecule has 0 saturated carbocycles. The van der Waals surface area contributed by atoms with Gasteiger partial charge in [-0.2, -0.15) is 0 Å². The first-order valence-electron chi connectivity index (χ1n) is 11.3. The fraction of sp³-hybridized carbons (Fsp3) is 0.308. The standard InChI is InChI=1S/C26H28FN3O4S2/c1-5-6-7-8-10-17-15-35-22-21(17)23(32)30(19-12-9-11-18(27)13-19)24(29-22)36-16-20(31)14-28-25(33)34-26(2,3)4/h5-9,11-13,15H,10,14,16H2,1-4H3,(H,28,33)/b6-5-,8-7-. The molecule has 3 rings (SSSR count). The van der Waals surface area contributed by atoms with E-state index in [2.05, 4.69) is 10.3 Å². The molecule has 0 aliphatic heterocycles. The molecule has 2 heterocycles. The third-order valence-corrected chi connectivity index (χ3v) is 6.61. The van der Waals surface area contributed by atoms with E-state index < -0.39 is 17.5 Å². The number of hydrogen-bond acceptors (Lipinski definition) is 7. The van der Waals surface area contributed by atoms with E-state index in [9.17, 15) is 18.8 Å². The van der Waals surface area contributed by atoms with Gasteiger partial charge in [0, 0.05) is 0 Å². The Morgan fingerprint density at radius 2 is 2.06 bits per heavy atom. The number of fused-ring (bicyclic) bond motifs is 1. The lowest BCUT2D eigenvalue weighted by atomic mass is 10.1. The Labute approximate surface area is 217 Å². The minimum Gasteiger partial charge on any atom is -0.444 e. The summed E-state index contributed by atoms with van der Waals surface area (Å²) in [7, 11) is 0. The van der Waals surface area contributed by atoms with E-state index in [0.29, 0.717) is 22.3 Å². The molecule has 0 aliphatic rings. The summed E-state index contributed by atoms with van der Waals surface area (Å²) in [5, 5.41) is 5.05. The quantitative estimate of drug-likeness (QED) is 0.225. The van der Waals surface area contributed by atoms with Crippen LogP contribution in [-0.4, -0.2) is 39.3 Å². The van der Waals surface area contributed by atoms with Crippen molar-refractivity contribution in [2.45, 2.75) is 44.9 Å².